The molecule has 1 fully saturated rings. The van der Waals surface area contributed by atoms with Crippen LogP contribution in [0.2, 0.25) is 0 Å². The molecule has 3 heterocycles. The number of alkyl halides is 2. The zero-order valence-electron chi connectivity index (χ0n) is 20.4. The summed E-state index contributed by atoms with van der Waals surface area (Å²) < 4.78 is 63.8. The Bertz CT molecular complexity index is 1470. The monoisotopic (exact) mass is 549 g/mol. The van der Waals surface area contributed by atoms with Crippen LogP contribution in [0.4, 0.5) is 33.7 Å². The first-order chi connectivity index (χ1) is 18.7. The van der Waals surface area contributed by atoms with Gasteiger partial charge in [-0.1, -0.05) is 18.2 Å². The van der Waals surface area contributed by atoms with Crippen molar-refractivity contribution in [3.8, 4) is 5.69 Å². The van der Waals surface area contributed by atoms with E-state index in [-0.39, 0.29) is 50.5 Å². The third-order valence-corrected chi connectivity index (χ3v) is 6.75. The van der Waals surface area contributed by atoms with Gasteiger partial charge in [-0.15, -0.1) is 0 Å². The molecule has 0 radical (unpaired) electrons. The summed E-state index contributed by atoms with van der Waals surface area (Å²) in [6.45, 7) is -0.129. The molecular formula is C25H23F4N5O5. The highest BCUT2D eigenvalue weighted by molar-refractivity contribution is 5.90. The first kappa shape index (κ1) is 26.3. The molecule has 2 aliphatic heterocycles. The number of carbonyl (C=O) groups excluding carboxylic acids is 2. The van der Waals surface area contributed by atoms with Crippen molar-refractivity contribution < 1.29 is 31.9 Å². The van der Waals surface area contributed by atoms with Crippen molar-refractivity contribution in [1.82, 2.24) is 13.9 Å². The normalized spacial score (nSPS) is 17.4. The third kappa shape index (κ3) is 4.93. The number of halogens is 4. The van der Waals surface area contributed by atoms with Gasteiger partial charge in [-0.2, -0.15) is 0 Å². The molecule has 1 amide bonds. The van der Waals surface area contributed by atoms with Crippen molar-refractivity contribution >= 4 is 23.3 Å². The minimum absolute atomic E-state index is 0.00793. The quantitative estimate of drug-likeness (QED) is 0.420. The van der Waals surface area contributed by atoms with Crippen molar-refractivity contribution in [2.24, 2.45) is 0 Å². The molecule has 14 heteroatoms. The summed E-state index contributed by atoms with van der Waals surface area (Å²) in [6, 6.07) is 10.3. The zero-order chi connectivity index (χ0) is 27.8. The van der Waals surface area contributed by atoms with Crippen LogP contribution in [-0.4, -0.2) is 58.0 Å². The number of hydrogen-bond acceptors (Lipinski definition) is 6. The fourth-order valence-corrected chi connectivity index (χ4v) is 4.82. The first-order valence-electron chi connectivity index (χ1n) is 12.2. The highest BCUT2D eigenvalue weighted by Gasteiger charge is 2.34. The summed E-state index contributed by atoms with van der Waals surface area (Å²) >= 11 is 0. The summed E-state index contributed by atoms with van der Waals surface area (Å²) in [5, 5.41) is 0. The number of amides is 1. The molecule has 0 spiro atoms. The Morgan fingerprint density at radius 3 is 2.05 bits per heavy atom. The molecule has 3 aromatic rings. The van der Waals surface area contributed by atoms with Crippen LogP contribution in [0.15, 0.2) is 52.1 Å². The molecule has 0 saturated carbocycles. The summed E-state index contributed by atoms with van der Waals surface area (Å²) in [6.07, 6.45) is -5.57. The van der Waals surface area contributed by atoms with Crippen LogP contribution in [0.5, 0.6) is 0 Å². The summed E-state index contributed by atoms with van der Waals surface area (Å²) in [7, 11) is 0. The second-order valence-electron chi connectivity index (χ2n) is 9.15. The Morgan fingerprint density at radius 1 is 0.897 bits per heavy atom. The predicted molar refractivity (Wildman–Crippen MR) is 131 cm³/mol. The number of ketones is 1. The Morgan fingerprint density at radius 2 is 1.49 bits per heavy atom. The van der Waals surface area contributed by atoms with E-state index in [0.717, 1.165) is 21.6 Å². The minimum atomic E-state index is -3.12. The van der Waals surface area contributed by atoms with E-state index in [1.54, 1.807) is 30.3 Å². The number of rotatable bonds is 7. The number of carbonyl (C=O) groups is 2. The van der Waals surface area contributed by atoms with E-state index in [2.05, 4.69) is 0 Å². The lowest BCUT2D eigenvalue weighted by atomic mass is 10.1. The molecular weight excluding hydrogens is 526 g/mol. The Kier molecular flexibility index (Phi) is 7.02. The van der Waals surface area contributed by atoms with Crippen molar-refractivity contribution in [3.05, 3.63) is 75.1 Å². The number of fused-ring (bicyclic) bond motifs is 1. The van der Waals surface area contributed by atoms with E-state index in [1.165, 1.54) is 14.3 Å². The Labute approximate surface area is 218 Å². The first-order valence-corrected chi connectivity index (χ1v) is 12.2. The largest absolute Gasteiger partial charge is 0.444 e. The Hall–Kier alpha value is -4.36. The van der Waals surface area contributed by atoms with Crippen LogP contribution in [0.3, 0.4) is 0 Å². The van der Waals surface area contributed by atoms with Gasteiger partial charge in [-0.25, -0.2) is 45.9 Å². The van der Waals surface area contributed by atoms with Crippen molar-refractivity contribution in [2.75, 3.05) is 29.4 Å². The molecule has 10 nitrogen and oxygen atoms in total. The van der Waals surface area contributed by atoms with E-state index < -0.39 is 53.8 Å². The lowest BCUT2D eigenvalue weighted by Gasteiger charge is -2.24. The number of cyclic esters (lactones) is 1. The summed E-state index contributed by atoms with van der Waals surface area (Å²) in [5.41, 5.74) is -1.24. The van der Waals surface area contributed by atoms with E-state index in [1.807, 2.05) is 0 Å². The van der Waals surface area contributed by atoms with Crippen LogP contribution in [0.1, 0.15) is 12.8 Å². The number of nitrogens with zero attached hydrogens (tertiary/aromatic N) is 5. The van der Waals surface area contributed by atoms with Gasteiger partial charge in [0.05, 0.1) is 31.0 Å². The van der Waals surface area contributed by atoms with Gasteiger partial charge in [-0.3, -0.25) is 9.69 Å². The van der Waals surface area contributed by atoms with Crippen molar-refractivity contribution in [1.29, 1.82) is 0 Å². The summed E-state index contributed by atoms with van der Waals surface area (Å²) in [5.74, 6) is -3.24. The van der Waals surface area contributed by atoms with Crippen LogP contribution in [0.25, 0.3) is 5.69 Å². The van der Waals surface area contributed by atoms with Crippen LogP contribution < -0.4 is 21.2 Å². The fourth-order valence-electron chi connectivity index (χ4n) is 4.82. The maximum Gasteiger partial charge on any atom is 0.414 e. The minimum Gasteiger partial charge on any atom is -0.444 e. The second kappa shape index (κ2) is 10.4. The number of ether oxygens (including phenoxy) is 1. The number of hydrogen-bond donors (Lipinski definition) is 0. The van der Waals surface area contributed by atoms with Gasteiger partial charge in [0.1, 0.15) is 11.8 Å². The summed E-state index contributed by atoms with van der Waals surface area (Å²) in [4.78, 5) is 51.7. The van der Waals surface area contributed by atoms with Crippen molar-refractivity contribution in [3.63, 3.8) is 0 Å². The lowest BCUT2D eigenvalue weighted by molar-refractivity contribution is -0.129. The molecule has 1 atom stereocenters. The second-order valence-corrected chi connectivity index (χ2v) is 9.15. The topological polar surface area (TPSA) is 98.8 Å². The predicted octanol–water partition coefficient (Wildman–Crippen LogP) is 2.54. The van der Waals surface area contributed by atoms with Gasteiger partial charge in [-0.05, 0) is 18.6 Å². The molecule has 2 aromatic carbocycles. The number of para-hydroxylation sites is 1. The average Bonchev–Trinajstić information content (AvgIpc) is 3.28. The van der Waals surface area contributed by atoms with Crippen LogP contribution >= 0.6 is 0 Å². The van der Waals surface area contributed by atoms with E-state index >= 15 is 8.78 Å². The average molecular weight is 549 g/mol. The number of anilines is 2. The highest BCUT2D eigenvalue weighted by atomic mass is 19.3. The van der Waals surface area contributed by atoms with Gasteiger partial charge >= 0.3 is 17.5 Å². The lowest BCUT2D eigenvalue weighted by Crippen LogP contribution is -2.33. The SMILES string of the molecule is O=C(CC[C@H]1CN(c2cc(F)c(N3CCn4c(=O)n(-c5ccccc5)c(=O)n4CC3)c(F)c2)C(=O)O1)C(F)F. The molecule has 39 heavy (non-hydrogen) atoms. The third-order valence-electron chi connectivity index (χ3n) is 6.75. The molecule has 1 aromatic heterocycles. The van der Waals surface area contributed by atoms with Gasteiger partial charge in [0.2, 0.25) is 0 Å². The van der Waals surface area contributed by atoms with Crippen molar-refractivity contribution in [2.45, 2.75) is 38.5 Å². The Balaban J connectivity index is 1.33. The maximum atomic E-state index is 15.2. The molecule has 2 aliphatic rings. The van der Waals surface area contributed by atoms with Crippen LogP contribution in [0, 0.1) is 11.6 Å². The molecule has 0 N–H and O–H groups in total. The molecule has 206 valence electrons. The molecule has 5 rings (SSSR count). The van der Waals surface area contributed by atoms with Gasteiger partial charge in [0.15, 0.2) is 17.4 Å². The highest BCUT2D eigenvalue weighted by Crippen LogP contribution is 2.32. The maximum absolute atomic E-state index is 15.2. The number of aromatic nitrogens is 3. The van der Waals surface area contributed by atoms with Crippen LogP contribution in [-0.2, 0) is 22.6 Å². The van der Waals surface area contributed by atoms with Gasteiger partial charge < -0.3 is 9.64 Å². The molecule has 0 aliphatic carbocycles. The molecule has 0 unspecified atom stereocenters. The standard InChI is InChI=1S/C25H23F4N5O5/c26-18-12-16(31-14-17(39-25(31)38)6-7-20(35)22(28)29)13-19(27)21(18)30-8-10-32-23(36)34(15-4-2-1-3-5-15)24(37)33(32)11-9-30/h1-5,12-13,17,22H,6-11,14H2/t17-/m0/s1. The van der Waals surface area contributed by atoms with E-state index in [4.69, 9.17) is 4.74 Å². The van der Waals surface area contributed by atoms with E-state index in [9.17, 15) is 28.0 Å². The van der Waals surface area contributed by atoms with Gasteiger partial charge in [0, 0.05) is 31.6 Å². The molecule has 1 saturated heterocycles. The number of benzene rings is 2. The zero-order valence-corrected chi connectivity index (χ0v) is 20.4. The fraction of sp³-hybridized carbons (Fsp3) is 0.360. The smallest absolute Gasteiger partial charge is 0.414 e. The molecule has 0 bridgehead atoms. The number of Topliss-reactive ketones (excluding diaryl/α,β-unsaturated/α-hetero) is 1. The van der Waals surface area contributed by atoms with E-state index in [0.29, 0.717) is 5.69 Å². The van der Waals surface area contributed by atoms with Gasteiger partial charge in [0.25, 0.3) is 6.43 Å².